The molecule has 0 bridgehead atoms. The molecule has 1 aliphatic carbocycles. The lowest BCUT2D eigenvalue weighted by Crippen LogP contribution is -2.06. The van der Waals surface area contributed by atoms with Gasteiger partial charge in [-0.2, -0.15) is 0 Å². The standard InChI is InChI=1S/C17H24N2OS.C5H8S.CH2O2/c1-3-4-10-19-16-12-14(21)11-15(18-2)17(16)20-13-8-6-5-7-9-13;1-3-5-6-4-2;2-1-3/h6,8-9,11-12,18-19,21H,3-5,7,10H2,1-2H3;3-5H,2H2,1H3;1H,(H,2,3)/b;5-3-;. The Hall–Kier alpha value is -2.25. The van der Waals surface area contributed by atoms with Gasteiger partial charge >= 0.3 is 0 Å². The van der Waals surface area contributed by atoms with Crippen LogP contribution in [0.3, 0.4) is 0 Å². The van der Waals surface area contributed by atoms with Crippen LogP contribution in [0.4, 0.5) is 11.4 Å². The van der Waals surface area contributed by atoms with Crippen LogP contribution < -0.4 is 15.4 Å². The number of benzene rings is 1. The van der Waals surface area contributed by atoms with Gasteiger partial charge in [-0.1, -0.05) is 32.1 Å². The molecule has 7 heteroatoms. The molecule has 0 saturated carbocycles. The molecule has 0 unspecified atom stereocenters. The topological polar surface area (TPSA) is 70.6 Å². The largest absolute Gasteiger partial charge is 0.483 e. The van der Waals surface area contributed by atoms with Crippen molar-refractivity contribution in [2.45, 2.75) is 44.4 Å². The molecule has 2 rings (SSSR count). The lowest BCUT2D eigenvalue weighted by Gasteiger charge is -2.19. The predicted molar refractivity (Wildman–Crippen MR) is 135 cm³/mol. The molecule has 0 amide bonds. The minimum absolute atomic E-state index is 0.250. The second-order valence-electron chi connectivity index (χ2n) is 5.97. The van der Waals surface area contributed by atoms with Crippen molar-refractivity contribution in [3.8, 4) is 5.75 Å². The van der Waals surface area contributed by atoms with Gasteiger partial charge in [-0.25, -0.2) is 0 Å². The number of rotatable bonds is 9. The highest BCUT2D eigenvalue weighted by atomic mass is 32.2. The third kappa shape index (κ3) is 12.3. The number of carbonyl (C=O) groups is 1. The lowest BCUT2D eigenvalue weighted by molar-refractivity contribution is -0.122. The first kappa shape index (κ1) is 27.8. The third-order valence-corrected chi connectivity index (χ3v) is 4.56. The van der Waals surface area contributed by atoms with Gasteiger partial charge in [0.1, 0.15) is 5.76 Å². The molecular formula is C23H34N2O3S2. The predicted octanol–water partition coefficient (Wildman–Crippen LogP) is 6.94. The van der Waals surface area contributed by atoms with E-state index in [4.69, 9.17) is 14.6 Å². The van der Waals surface area contributed by atoms with Crippen LogP contribution >= 0.6 is 24.4 Å². The molecule has 0 fully saturated rings. The van der Waals surface area contributed by atoms with Gasteiger partial charge in [-0.3, -0.25) is 4.79 Å². The van der Waals surface area contributed by atoms with Gasteiger partial charge in [-0.05, 0) is 61.3 Å². The van der Waals surface area contributed by atoms with Crippen molar-refractivity contribution in [3.05, 3.63) is 59.6 Å². The molecule has 0 spiro atoms. The molecule has 30 heavy (non-hydrogen) atoms. The Balaban J connectivity index is 0.000000791. The number of thiol groups is 1. The summed E-state index contributed by atoms with van der Waals surface area (Å²) in [6.45, 7) is 8.36. The average Bonchev–Trinajstić information content (AvgIpc) is 2.75. The van der Waals surface area contributed by atoms with Crippen LogP contribution in [0.1, 0.15) is 39.5 Å². The molecule has 5 nitrogen and oxygen atoms in total. The second-order valence-corrected chi connectivity index (χ2v) is 7.36. The van der Waals surface area contributed by atoms with E-state index < -0.39 is 0 Å². The molecule has 1 aromatic rings. The highest BCUT2D eigenvalue weighted by Crippen LogP contribution is 2.37. The highest BCUT2D eigenvalue weighted by molar-refractivity contribution is 8.04. The number of allylic oxidation sites excluding steroid dienone is 4. The van der Waals surface area contributed by atoms with E-state index in [0.29, 0.717) is 0 Å². The van der Waals surface area contributed by atoms with E-state index in [1.165, 1.54) is 0 Å². The minimum atomic E-state index is -0.250. The number of nitrogens with one attached hydrogen (secondary N) is 2. The van der Waals surface area contributed by atoms with E-state index in [-0.39, 0.29) is 6.47 Å². The fourth-order valence-electron chi connectivity index (χ4n) is 2.36. The van der Waals surface area contributed by atoms with Crippen molar-refractivity contribution in [1.29, 1.82) is 0 Å². The van der Waals surface area contributed by atoms with Gasteiger partial charge in [0.2, 0.25) is 0 Å². The average molecular weight is 451 g/mol. The normalized spacial score (nSPS) is 11.9. The van der Waals surface area contributed by atoms with Crippen LogP contribution in [-0.2, 0) is 4.79 Å². The summed E-state index contributed by atoms with van der Waals surface area (Å²) in [7, 11) is 1.90. The molecule has 3 N–H and O–H groups in total. The number of thioether (sulfide) groups is 1. The van der Waals surface area contributed by atoms with E-state index in [9.17, 15) is 0 Å². The van der Waals surface area contributed by atoms with Gasteiger partial charge < -0.3 is 20.5 Å². The molecule has 0 radical (unpaired) electrons. The summed E-state index contributed by atoms with van der Waals surface area (Å²) in [6, 6.07) is 4.00. The summed E-state index contributed by atoms with van der Waals surface area (Å²) in [5.41, 5.74) is 1.93. The fraction of sp³-hybridized carbons (Fsp3) is 0.348. The van der Waals surface area contributed by atoms with Crippen molar-refractivity contribution < 1.29 is 14.6 Å². The zero-order valence-electron chi connectivity index (χ0n) is 18.1. The quantitative estimate of drug-likeness (QED) is 0.186. The molecule has 0 aliphatic heterocycles. The number of hydrogen-bond acceptors (Lipinski definition) is 6. The van der Waals surface area contributed by atoms with E-state index in [1.807, 2.05) is 43.7 Å². The molecule has 0 atom stereocenters. The van der Waals surface area contributed by atoms with Crippen LogP contribution in [0.2, 0.25) is 0 Å². The highest BCUT2D eigenvalue weighted by Gasteiger charge is 2.13. The first-order valence-corrected chi connectivity index (χ1v) is 11.2. The summed E-state index contributed by atoms with van der Waals surface area (Å²) in [5, 5.41) is 17.3. The van der Waals surface area contributed by atoms with Crippen molar-refractivity contribution in [3.63, 3.8) is 0 Å². The van der Waals surface area contributed by atoms with Gasteiger partial charge in [0.15, 0.2) is 5.75 Å². The first-order chi connectivity index (χ1) is 14.6. The van der Waals surface area contributed by atoms with E-state index in [0.717, 1.165) is 60.0 Å². The third-order valence-electron chi connectivity index (χ3n) is 3.68. The number of unbranched alkanes of at least 4 members (excludes halogenated alkanes) is 1. The summed E-state index contributed by atoms with van der Waals surface area (Å²) in [4.78, 5) is 9.28. The Morgan fingerprint density at radius 3 is 2.53 bits per heavy atom. The molecule has 1 aromatic carbocycles. The molecule has 0 saturated heterocycles. The number of anilines is 2. The monoisotopic (exact) mass is 450 g/mol. The summed E-state index contributed by atoms with van der Waals surface area (Å²) in [6.07, 6.45) is 12.7. The smallest absolute Gasteiger partial charge is 0.290 e. The van der Waals surface area contributed by atoms with Gasteiger partial charge in [0.25, 0.3) is 6.47 Å². The zero-order chi connectivity index (χ0) is 22.6. The van der Waals surface area contributed by atoms with E-state index in [1.54, 1.807) is 17.2 Å². The Bertz CT molecular complexity index is 717. The van der Waals surface area contributed by atoms with Crippen molar-refractivity contribution >= 4 is 42.2 Å². The molecule has 0 aromatic heterocycles. The summed E-state index contributed by atoms with van der Waals surface area (Å²) < 4.78 is 6.11. The van der Waals surface area contributed by atoms with Crippen LogP contribution in [0.25, 0.3) is 0 Å². The summed E-state index contributed by atoms with van der Waals surface area (Å²) >= 11 is 6.06. The van der Waals surface area contributed by atoms with Crippen LogP contribution in [0.5, 0.6) is 5.75 Å². The summed E-state index contributed by atoms with van der Waals surface area (Å²) in [5.74, 6) is 1.74. The zero-order valence-corrected chi connectivity index (χ0v) is 19.8. The number of hydrogen-bond donors (Lipinski definition) is 4. The number of ether oxygens (including phenoxy) is 1. The van der Waals surface area contributed by atoms with E-state index >= 15 is 0 Å². The van der Waals surface area contributed by atoms with Crippen molar-refractivity contribution in [2.75, 3.05) is 24.2 Å². The maximum absolute atomic E-state index is 8.36. The maximum Gasteiger partial charge on any atom is 0.290 e. The molecule has 1 aliphatic rings. The van der Waals surface area contributed by atoms with Gasteiger partial charge in [-0.15, -0.1) is 24.4 Å². The SMILES string of the molecule is C=CS/C=C\C.CCCCNc1cc(S)cc(NC)c1OC1=CCCC=C1.O=CO. The van der Waals surface area contributed by atoms with Crippen molar-refractivity contribution in [2.24, 2.45) is 0 Å². The Morgan fingerprint density at radius 2 is 2.03 bits per heavy atom. The Labute approximate surface area is 190 Å². The lowest BCUT2D eigenvalue weighted by atomic mass is 10.2. The van der Waals surface area contributed by atoms with Crippen LogP contribution in [-0.4, -0.2) is 25.2 Å². The molecule has 166 valence electrons. The van der Waals surface area contributed by atoms with Gasteiger partial charge in [0.05, 0.1) is 11.4 Å². The Morgan fingerprint density at radius 1 is 1.33 bits per heavy atom. The van der Waals surface area contributed by atoms with Crippen LogP contribution in [0, 0.1) is 0 Å². The second kappa shape index (κ2) is 18.8. The Kier molecular flexibility index (Phi) is 17.4. The minimum Gasteiger partial charge on any atom is -0.483 e. The fourth-order valence-corrected chi connectivity index (χ4v) is 2.88. The van der Waals surface area contributed by atoms with Gasteiger partial charge in [0, 0.05) is 18.5 Å². The first-order valence-electron chi connectivity index (χ1n) is 9.86. The maximum atomic E-state index is 8.36. The molecular weight excluding hydrogens is 416 g/mol. The van der Waals surface area contributed by atoms with E-state index in [2.05, 4.69) is 48.9 Å². The molecule has 0 heterocycles. The van der Waals surface area contributed by atoms with Crippen molar-refractivity contribution in [1.82, 2.24) is 0 Å². The van der Waals surface area contributed by atoms with Crippen LogP contribution in [0.15, 0.2) is 64.5 Å². The number of carboxylic acid groups (broad SMARTS) is 1.